The van der Waals surface area contributed by atoms with Crippen molar-refractivity contribution in [1.29, 1.82) is 0 Å². The van der Waals surface area contributed by atoms with Gasteiger partial charge in [-0.15, -0.1) is 0 Å². The molecule has 4 heteroatoms. The van der Waals surface area contributed by atoms with Crippen LogP contribution < -0.4 is 16.4 Å². The van der Waals surface area contributed by atoms with E-state index in [1.165, 1.54) is 85.4 Å². The number of hydrogen-bond acceptors (Lipinski definition) is 3. The van der Waals surface area contributed by atoms with Gasteiger partial charge in [0.15, 0.2) is 0 Å². The van der Waals surface area contributed by atoms with Crippen LogP contribution in [-0.2, 0) is 19.4 Å². The molecule has 7 aromatic carbocycles. The molecule has 0 amide bonds. The van der Waals surface area contributed by atoms with Crippen LogP contribution in [0.1, 0.15) is 65.8 Å². The third kappa shape index (κ3) is 9.68. The minimum atomic E-state index is 0.604. The third-order valence-corrected chi connectivity index (χ3v) is 11.1. The number of rotatable bonds is 10. The van der Waals surface area contributed by atoms with Crippen LogP contribution in [0.2, 0.25) is 0 Å². The maximum Gasteiger partial charge on any atom is 0.0545 e. The molecule has 8 aromatic rings. The Kier molecular flexibility index (Phi) is 13.9. The van der Waals surface area contributed by atoms with E-state index in [1.54, 1.807) is 0 Å². The lowest BCUT2D eigenvalue weighted by Crippen LogP contribution is -2.18. The summed E-state index contributed by atoms with van der Waals surface area (Å²) in [7, 11) is 0. The van der Waals surface area contributed by atoms with Crippen molar-refractivity contribution < 1.29 is 0 Å². The van der Waals surface area contributed by atoms with Gasteiger partial charge in [0.1, 0.15) is 0 Å². The van der Waals surface area contributed by atoms with Crippen LogP contribution in [0.4, 0.5) is 17.1 Å². The average Bonchev–Trinajstić information content (AvgIpc) is 3.62. The van der Waals surface area contributed by atoms with E-state index < -0.39 is 0 Å². The first kappa shape index (κ1) is 42.0. The predicted molar refractivity (Wildman–Crippen MR) is 264 cm³/mol. The number of fused-ring (bicyclic) bond motifs is 3. The molecular weight excluding hydrogens is 741 g/mol. The summed E-state index contributed by atoms with van der Waals surface area (Å²) < 4.78 is 2.38. The molecule has 0 fully saturated rings. The molecule has 1 aliphatic rings. The molecule has 304 valence electrons. The van der Waals surface area contributed by atoms with Gasteiger partial charge in [0.2, 0.25) is 0 Å². The van der Waals surface area contributed by atoms with Gasteiger partial charge in [0.25, 0.3) is 0 Å². The molecule has 9 rings (SSSR count). The van der Waals surface area contributed by atoms with E-state index in [4.69, 9.17) is 11.5 Å². The fourth-order valence-corrected chi connectivity index (χ4v) is 7.98. The molecule has 4 nitrogen and oxygen atoms in total. The van der Waals surface area contributed by atoms with Crippen LogP contribution in [0.15, 0.2) is 195 Å². The molecule has 0 radical (unpaired) electrons. The fourth-order valence-electron chi connectivity index (χ4n) is 7.98. The lowest BCUT2D eigenvalue weighted by atomic mass is 9.93. The Morgan fingerprint density at radius 3 is 1.95 bits per heavy atom. The summed E-state index contributed by atoms with van der Waals surface area (Å²) in [4.78, 5) is 2.42. The van der Waals surface area contributed by atoms with Crippen molar-refractivity contribution in [3.63, 3.8) is 0 Å². The number of anilines is 3. The summed E-state index contributed by atoms with van der Waals surface area (Å²) in [5.41, 5.74) is 28.6. The van der Waals surface area contributed by atoms with Crippen LogP contribution in [0, 0.1) is 0 Å². The van der Waals surface area contributed by atoms with Crippen molar-refractivity contribution >= 4 is 45.8 Å². The summed E-state index contributed by atoms with van der Waals surface area (Å²) >= 11 is 0. The minimum Gasteiger partial charge on any atom is -0.399 e. The predicted octanol–water partition coefficient (Wildman–Crippen LogP) is 14.5. The first-order valence-electron chi connectivity index (χ1n) is 21.3. The molecule has 0 saturated heterocycles. The van der Waals surface area contributed by atoms with Gasteiger partial charge in [-0.05, 0) is 113 Å². The number of unbranched alkanes of at least 4 members (excludes halogenated alkanes) is 1. The van der Waals surface area contributed by atoms with Gasteiger partial charge < -0.3 is 20.9 Å². The zero-order chi connectivity index (χ0) is 42.6. The summed E-state index contributed by atoms with van der Waals surface area (Å²) in [5.74, 6) is 0. The summed E-state index contributed by atoms with van der Waals surface area (Å²) in [6.07, 6.45) is 10.8. The molecule has 1 aliphatic heterocycles. The van der Waals surface area contributed by atoms with Crippen LogP contribution in [-0.4, -0.2) is 4.57 Å². The molecule has 4 N–H and O–H groups in total. The Labute approximate surface area is 362 Å². The molecule has 2 heterocycles. The Morgan fingerprint density at radius 2 is 1.31 bits per heavy atom. The topological polar surface area (TPSA) is 60.2 Å². The number of nitrogens with two attached hydrogens (primary N) is 2. The number of allylic oxidation sites excluding steroid dienone is 1. The third-order valence-electron chi connectivity index (χ3n) is 11.1. The van der Waals surface area contributed by atoms with Crippen LogP contribution in [0.25, 0.3) is 45.6 Å². The largest absolute Gasteiger partial charge is 0.399 e. The molecule has 0 unspecified atom stereocenters. The standard InChI is InChI=1S/C36H34N2.C14H13N.C7H9N/c1-4-7-14-26-19-21-30(22-20-26)37-33(6-3)31(13-5-2)32-25-35-28(24-36(32)37)23-27-15-11-12-18-34(27)38(35)29-16-9-8-10-17-29;1-11(15)13-8-5-9-14(10-13)12-6-3-2-4-7-12;8-6-7-4-2-1-3-5-7/h5-6,8-13,15-22,24-25H,3-4,7,14,23H2,1-2H3;2-10H,1,15H2;1-5H,6,8H2/b13-5-;;. The van der Waals surface area contributed by atoms with Gasteiger partial charge in [-0.3, -0.25) is 0 Å². The minimum absolute atomic E-state index is 0.604. The van der Waals surface area contributed by atoms with Crippen LogP contribution in [0.5, 0.6) is 0 Å². The van der Waals surface area contributed by atoms with Crippen molar-refractivity contribution in [1.82, 2.24) is 4.57 Å². The first-order valence-corrected chi connectivity index (χ1v) is 21.3. The lowest BCUT2D eigenvalue weighted by molar-refractivity contribution is 0.795. The van der Waals surface area contributed by atoms with E-state index in [1.807, 2.05) is 66.7 Å². The smallest absolute Gasteiger partial charge is 0.0545 e. The number of aromatic nitrogens is 1. The van der Waals surface area contributed by atoms with Gasteiger partial charge in [0, 0.05) is 46.7 Å². The zero-order valence-corrected chi connectivity index (χ0v) is 35.5. The molecule has 0 spiro atoms. The van der Waals surface area contributed by atoms with Crippen LogP contribution >= 0.6 is 0 Å². The maximum absolute atomic E-state index is 5.67. The number of hydrogen-bond donors (Lipinski definition) is 2. The molecule has 0 saturated carbocycles. The van der Waals surface area contributed by atoms with Gasteiger partial charge >= 0.3 is 0 Å². The van der Waals surface area contributed by atoms with Gasteiger partial charge in [-0.1, -0.05) is 166 Å². The highest BCUT2D eigenvalue weighted by atomic mass is 15.2. The second kappa shape index (κ2) is 20.2. The molecule has 0 bridgehead atoms. The van der Waals surface area contributed by atoms with E-state index >= 15 is 0 Å². The SMILES string of the molecule is C=C(N)c1cccc(-c2ccccc2)c1.C=Cc1c(/C=C\C)c2cc3c(cc2n1-c1ccc(CCCC)cc1)Cc1ccccc1N3c1ccccc1.NCc1ccccc1. The number of nitrogens with zero attached hydrogens (tertiary/aromatic N) is 2. The van der Waals surface area contributed by atoms with Crippen molar-refractivity contribution in [2.75, 3.05) is 4.90 Å². The van der Waals surface area contributed by atoms with Gasteiger partial charge in [-0.25, -0.2) is 0 Å². The fraction of sp³-hybridized carbons (Fsp3) is 0.123. The summed E-state index contributed by atoms with van der Waals surface area (Å²) in [6, 6.07) is 61.7. The molecular formula is C57H56N4. The van der Waals surface area contributed by atoms with E-state index in [9.17, 15) is 0 Å². The Hall–Kier alpha value is -7.14. The first-order chi connectivity index (χ1) is 29.9. The highest BCUT2D eigenvalue weighted by Gasteiger charge is 2.26. The van der Waals surface area contributed by atoms with Gasteiger partial charge in [-0.2, -0.15) is 0 Å². The Morgan fingerprint density at radius 1 is 0.656 bits per heavy atom. The molecule has 1 aromatic heterocycles. The van der Waals surface area contributed by atoms with E-state index in [0.717, 1.165) is 24.1 Å². The quantitative estimate of drug-likeness (QED) is 0.145. The number of para-hydroxylation sites is 2. The zero-order valence-electron chi connectivity index (χ0n) is 35.5. The number of aryl methyl sites for hydroxylation is 1. The van der Waals surface area contributed by atoms with Crippen molar-refractivity contribution in [2.24, 2.45) is 11.5 Å². The second-order valence-corrected chi connectivity index (χ2v) is 15.2. The lowest BCUT2D eigenvalue weighted by Gasteiger charge is -2.33. The Bertz CT molecular complexity index is 2730. The van der Waals surface area contributed by atoms with E-state index in [-0.39, 0.29) is 0 Å². The summed E-state index contributed by atoms with van der Waals surface area (Å²) in [6.45, 7) is 13.0. The maximum atomic E-state index is 5.67. The molecule has 0 atom stereocenters. The van der Waals surface area contributed by atoms with Gasteiger partial charge in [0.05, 0.1) is 16.9 Å². The van der Waals surface area contributed by atoms with Crippen LogP contribution in [0.3, 0.4) is 0 Å². The monoisotopic (exact) mass is 796 g/mol. The van der Waals surface area contributed by atoms with E-state index in [0.29, 0.717) is 12.2 Å². The normalized spacial score (nSPS) is 11.5. The number of benzene rings is 7. The molecule has 0 aliphatic carbocycles. The Balaban J connectivity index is 0.000000198. The van der Waals surface area contributed by atoms with Crippen molar-refractivity contribution in [3.8, 4) is 16.8 Å². The highest BCUT2D eigenvalue weighted by Crippen LogP contribution is 2.46. The summed E-state index contributed by atoms with van der Waals surface area (Å²) in [5, 5.41) is 1.24. The van der Waals surface area contributed by atoms with Crippen molar-refractivity contribution in [2.45, 2.75) is 46.1 Å². The molecule has 61 heavy (non-hydrogen) atoms. The highest BCUT2D eigenvalue weighted by molar-refractivity contribution is 6.00. The van der Waals surface area contributed by atoms with E-state index in [2.05, 4.69) is 164 Å². The van der Waals surface area contributed by atoms with Crippen molar-refractivity contribution in [3.05, 3.63) is 234 Å². The second-order valence-electron chi connectivity index (χ2n) is 15.2. The average molecular weight is 797 g/mol.